The van der Waals surface area contributed by atoms with Crippen LogP contribution in [0.5, 0.6) is 5.75 Å². The number of phosphoric acid groups is 1. The zero-order chi connectivity index (χ0) is 10.8. The Morgan fingerprint density at radius 1 is 1.43 bits per heavy atom. The van der Waals surface area contributed by atoms with Gasteiger partial charge in [-0.2, -0.15) is 0 Å². The predicted molar refractivity (Wildman–Crippen MR) is 49.4 cm³/mol. The Morgan fingerprint density at radius 3 is 2.64 bits per heavy atom. The lowest BCUT2D eigenvalue weighted by Crippen LogP contribution is -1.93. The third-order valence-corrected chi connectivity index (χ3v) is 1.96. The van der Waals surface area contributed by atoms with E-state index in [-0.39, 0.29) is 17.9 Å². The quantitative estimate of drug-likeness (QED) is 0.336. The molecule has 7 heteroatoms. The van der Waals surface area contributed by atoms with Gasteiger partial charge in [0.1, 0.15) is 5.75 Å². The van der Waals surface area contributed by atoms with Crippen molar-refractivity contribution in [2.75, 3.05) is 5.73 Å². The molecule has 0 saturated carbocycles. The molecule has 14 heavy (non-hydrogen) atoms. The van der Waals surface area contributed by atoms with Crippen LogP contribution in [0.25, 0.3) is 0 Å². The van der Waals surface area contributed by atoms with Crippen LogP contribution in [0.2, 0.25) is 0 Å². The largest absolute Gasteiger partial charge is 0.508 e. The molecule has 0 radical (unpaired) electrons. The smallest absolute Gasteiger partial charge is 0.469 e. The van der Waals surface area contributed by atoms with E-state index < -0.39 is 7.82 Å². The molecule has 0 aliphatic heterocycles. The van der Waals surface area contributed by atoms with Gasteiger partial charge in [-0.25, -0.2) is 4.57 Å². The Hall–Kier alpha value is -1.07. The number of nitrogen functional groups attached to an aromatic ring is 1. The first kappa shape index (κ1) is 11.0. The van der Waals surface area contributed by atoms with Crippen LogP contribution >= 0.6 is 7.82 Å². The number of hydrogen-bond donors (Lipinski definition) is 4. The second-order valence-corrected chi connectivity index (χ2v) is 3.89. The Balaban J connectivity index is 2.76. The van der Waals surface area contributed by atoms with Crippen molar-refractivity contribution in [3.05, 3.63) is 23.8 Å². The summed E-state index contributed by atoms with van der Waals surface area (Å²) in [6, 6.07) is 4.18. The molecule has 1 rings (SSSR count). The number of phenols is 1. The van der Waals surface area contributed by atoms with Crippen molar-refractivity contribution in [2.45, 2.75) is 6.61 Å². The van der Waals surface area contributed by atoms with Crippen LogP contribution in [0.15, 0.2) is 18.2 Å². The fraction of sp³-hybridized carbons (Fsp3) is 0.143. The van der Waals surface area contributed by atoms with Gasteiger partial charge in [0.15, 0.2) is 0 Å². The van der Waals surface area contributed by atoms with Crippen molar-refractivity contribution in [1.82, 2.24) is 0 Å². The molecule has 0 spiro atoms. The minimum atomic E-state index is -4.52. The minimum Gasteiger partial charge on any atom is -0.508 e. The van der Waals surface area contributed by atoms with Gasteiger partial charge in [0.2, 0.25) is 0 Å². The first-order valence-corrected chi connectivity index (χ1v) is 5.19. The van der Waals surface area contributed by atoms with E-state index in [2.05, 4.69) is 4.52 Å². The van der Waals surface area contributed by atoms with Gasteiger partial charge in [-0.05, 0) is 18.2 Å². The Kier molecular flexibility index (Phi) is 3.13. The molecule has 78 valence electrons. The second kappa shape index (κ2) is 3.98. The molecule has 0 amide bonds. The van der Waals surface area contributed by atoms with E-state index in [1.807, 2.05) is 0 Å². The topological polar surface area (TPSA) is 113 Å². The van der Waals surface area contributed by atoms with E-state index in [4.69, 9.17) is 15.5 Å². The molecule has 1 aromatic rings. The maximum Gasteiger partial charge on any atom is 0.469 e. The van der Waals surface area contributed by atoms with E-state index in [0.29, 0.717) is 5.69 Å². The summed E-state index contributed by atoms with van der Waals surface area (Å²) in [6.45, 7) is -0.388. The van der Waals surface area contributed by atoms with E-state index in [1.165, 1.54) is 18.2 Å². The number of phenolic OH excluding ortho intramolecular Hbond substituents is 1. The van der Waals surface area contributed by atoms with Gasteiger partial charge >= 0.3 is 7.82 Å². The van der Waals surface area contributed by atoms with E-state index in [9.17, 15) is 9.67 Å². The summed E-state index contributed by atoms with van der Waals surface area (Å²) in [5, 5.41) is 9.24. The molecular weight excluding hydrogens is 209 g/mol. The maximum atomic E-state index is 10.4. The summed E-state index contributed by atoms with van der Waals surface area (Å²) < 4.78 is 14.6. The average molecular weight is 219 g/mol. The zero-order valence-electron chi connectivity index (χ0n) is 7.12. The van der Waals surface area contributed by atoms with Crippen LogP contribution in [0.4, 0.5) is 5.69 Å². The van der Waals surface area contributed by atoms with Gasteiger partial charge in [-0.1, -0.05) is 0 Å². The molecule has 0 heterocycles. The van der Waals surface area contributed by atoms with Crippen molar-refractivity contribution >= 4 is 13.5 Å². The number of nitrogens with two attached hydrogens (primary N) is 1. The molecule has 6 nitrogen and oxygen atoms in total. The molecule has 1 aromatic carbocycles. The van der Waals surface area contributed by atoms with E-state index >= 15 is 0 Å². The second-order valence-electron chi connectivity index (χ2n) is 2.65. The van der Waals surface area contributed by atoms with Crippen molar-refractivity contribution in [1.29, 1.82) is 0 Å². The molecule has 0 bridgehead atoms. The van der Waals surface area contributed by atoms with Crippen LogP contribution in [0.1, 0.15) is 5.56 Å². The number of hydrogen-bond acceptors (Lipinski definition) is 4. The third-order valence-electron chi connectivity index (χ3n) is 1.49. The number of phosphoric ester groups is 1. The van der Waals surface area contributed by atoms with Gasteiger partial charge in [0.05, 0.1) is 6.61 Å². The lowest BCUT2D eigenvalue weighted by molar-refractivity contribution is 0.187. The Labute approximate surface area is 80.2 Å². The summed E-state index contributed by atoms with van der Waals surface area (Å²) >= 11 is 0. The maximum absolute atomic E-state index is 10.4. The Bertz CT molecular complexity index is 374. The highest BCUT2D eigenvalue weighted by Gasteiger charge is 2.14. The number of aromatic hydroxyl groups is 1. The summed E-state index contributed by atoms with van der Waals surface area (Å²) in [5.74, 6) is -0.118. The van der Waals surface area contributed by atoms with Gasteiger partial charge in [-0.15, -0.1) is 0 Å². The molecule has 5 N–H and O–H groups in total. The van der Waals surface area contributed by atoms with Crippen LogP contribution in [0.3, 0.4) is 0 Å². The molecule has 0 aliphatic carbocycles. The average Bonchev–Trinajstić information content (AvgIpc) is 2.05. The standard InChI is InChI=1S/C7H10NO5P/c8-6-1-2-7(9)5(3-6)4-13-14(10,11)12/h1-3,9H,4,8H2,(H2,10,11,12). The van der Waals surface area contributed by atoms with Gasteiger partial charge in [0.25, 0.3) is 0 Å². The van der Waals surface area contributed by atoms with E-state index in [1.54, 1.807) is 0 Å². The first-order chi connectivity index (χ1) is 6.38. The van der Waals surface area contributed by atoms with Crippen LogP contribution in [0, 0.1) is 0 Å². The first-order valence-electron chi connectivity index (χ1n) is 3.66. The van der Waals surface area contributed by atoms with Gasteiger partial charge in [0, 0.05) is 11.3 Å². The highest BCUT2D eigenvalue weighted by Crippen LogP contribution is 2.38. The fourth-order valence-corrected chi connectivity index (χ4v) is 1.18. The zero-order valence-corrected chi connectivity index (χ0v) is 8.02. The lowest BCUT2D eigenvalue weighted by atomic mass is 10.2. The SMILES string of the molecule is Nc1ccc(O)c(COP(=O)(O)O)c1. The third kappa shape index (κ3) is 3.35. The molecule has 0 aromatic heterocycles. The summed E-state index contributed by atoms with van der Waals surface area (Å²) in [7, 11) is -4.52. The number of benzene rings is 1. The minimum absolute atomic E-state index is 0.118. The van der Waals surface area contributed by atoms with Crippen LogP contribution < -0.4 is 5.73 Å². The van der Waals surface area contributed by atoms with Crippen molar-refractivity contribution < 1.29 is 24.0 Å². The monoisotopic (exact) mass is 219 g/mol. The van der Waals surface area contributed by atoms with Gasteiger partial charge < -0.3 is 20.6 Å². The highest BCUT2D eigenvalue weighted by atomic mass is 31.2. The van der Waals surface area contributed by atoms with Crippen molar-refractivity contribution in [3.8, 4) is 5.75 Å². The van der Waals surface area contributed by atoms with E-state index in [0.717, 1.165) is 0 Å². The number of anilines is 1. The molecular formula is C7H10NO5P. The van der Waals surface area contributed by atoms with Crippen LogP contribution in [-0.2, 0) is 15.7 Å². The lowest BCUT2D eigenvalue weighted by Gasteiger charge is -2.07. The summed E-state index contributed by atoms with van der Waals surface area (Å²) in [5.41, 5.74) is 6.02. The predicted octanol–water partition coefficient (Wildman–Crippen LogP) is 0.584. The molecule has 0 aliphatic rings. The molecule has 0 atom stereocenters. The molecule has 0 unspecified atom stereocenters. The normalized spacial score (nSPS) is 11.6. The van der Waals surface area contributed by atoms with Gasteiger partial charge in [-0.3, -0.25) is 4.52 Å². The van der Waals surface area contributed by atoms with Crippen molar-refractivity contribution in [3.63, 3.8) is 0 Å². The van der Waals surface area contributed by atoms with Crippen LogP contribution in [-0.4, -0.2) is 14.9 Å². The molecule has 0 fully saturated rings. The Morgan fingerprint density at radius 2 is 2.07 bits per heavy atom. The fourth-order valence-electron chi connectivity index (χ4n) is 0.875. The highest BCUT2D eigenvalue weighted by molar-refractivity contribution is 7.46. The summed E-state index contributed by atoms with van der Waals surface area (Å²) in [6.07, 6.45) is 0. The summed E-state index contributed by atoms with van der Waals surface area (Å²) in [4.78, 5) is 16.8. The number of rotatable bonds is 3. The molecule has 0 saturated heterocycles. The van der Waals surface area contributed by atoms with Crippen molar-refractivity contribution in [2.24, 2.45) is 0 Å².